The van der Waals surface area contributed by atoms with Crippen LogP contribution in [0.4, 0.5) is 21.6 Å². The number of hydrogen-bond acceptors (Lipinski definition) is 7. The van der Waals surface area contributed by atoms with Crippen molar-refractivity contribution in [1.82, 2.24) is 30.4 Å². The Morgan fingerprint density at radius 3 is 2.72 bits per heavy atom. The van der Waals surface area contributed by atoms with Gasteiger partial charge in [0.25, 0.3) is 0 Å². The maximum absolute atomic E-state index is 14.9. The van der Waals surface area contributed by atoms with Gasteiger partial charge in [-0.25, -0.2) is 14.4 Å². The van der Waals surface area contributed by atoms with Crippen LogP contribution in [0.15, 0.2) is 48.8 Å². The number of ether oxygens (including phenoxy) is 1. The van der Waals surface area contributed by atoms with E-state index < -0.39 is 0 Å². The minimum absolute atomic E-state index is 0.295. The molecule has 0 amide bonds. The molecule has 5 aromatic rings. The highest BCUT2D eigenvalue weighted by molar-refractivity contribution is 5.89. The zero-order valence-electron chi connectivity index (χ0n) is 17.0. The number of morpholine rings is 1. The van der Waals surface area contributed by atoms with E-state index in [0.717, 1.165) is 16.5 Å². The van der Waals surface area contributed by atoms with E-state index in [4.69, 9.17) is 9.72 Å². The molecule has 9 nitrogen and oxygen atoms in total. The van der Waals surface area contributed by atoms with Crippen LogP contribution in [-0.4, -0.2) is 56.7 Å². The molecule has 1 aliphatic heterocycles. The lowest BCUT2D eigenvalue weighted by atomic mass is 10.1. The summed E-state index contributed by atoms with van der Waals surface area (Å²) in [5.41, 5.74) is 4.20. The third-order valence-corrected chi connectivity index (χ3v) is 5.56. The summed E-state index contributed by atoms with van der Waals surface area (Å²) < 4.78 is 20.2. The van der Waals surface area contributed by atoms with E-state index in [2.05, 4.69) is 30.7 Å². The normalized spacial score (nSPS) is 14.3. The Morgan fingerprint density at radius 1 is 0.969 bits per heavy atom. The van der Waals surface area contributed by atoms with Crippen LogP contribution < -0.4 is 10.2 Å². The van der Waals surface area contributed by atoms with Gasteiger partial charge in [0.1, 0.15) is 16.9 Å². The van der Waals surface area contributed by atoms with Crippen LogP contribution in [0, 0.1) is 5.82 Å². The van der Waals surface area contributed by atoms with Crippen molar-refractivity contribution in [3.05, 3.63) is 54.6 Å². The quantitative estimate of drug-likeness (QED) is 0.400. The zero-order chi connectivity index (χ0) is 21.5. The lowest BCUT2D eigenvalue weighted by Crippen LogP contribution is -2.36. The average Bonchev–Trinajstić information content (AvgIpc) is 3.48. The Morgan fingerprint density at radius 2 is 1.84 bits per heavy atom. The molecule has 0 spiro atoms. The Kier molecular flexibility index (Phi) is 4.43. The molecule has 0 unspecified atom stereocenters. The van der Waals surface area contributed by atoms with Gasteiger partial charge in [-0.3, -0.25) is 10.2 Å². The number of H-pyrrole nitrogens is 2. The Labute approximate surface area is 181 Å². The maximum Gasteiger partial charge on any atom is 0.162 e. The number of nitrogens with zero attached hydrogens (tertiary/aromatic N) is 5. The predicted molar refractivity (Wildman–Crippen MR) is 119 cm³/mol. The number of benzene rings is 2. The van der Waals surface area contributed by atoms with Crippen LogP contribution >= 0.6 is 0 Å². The molecule has 1 aliphatic rings. The second kappa shape index (κ2) is 7.57. The van der Waals surface area contributed by atoms with Crippen LogP contribution in [0.1, 0.15) is 0 Å². The topological polar surface area (TPSA) is 108 Å². The number of rotatable bonds is 4. The molecular formula is C22H19FN8O. The summed E-state index contributed by atoms with van der Waals surface area (Å²) in [6.45, 7) is 2.55. The van der Waals surface area contributed by atoms with Crippen LogP contribution in [0.25, 0.3) is 33.3 Å². The molecule has 32 heavy (non-hydrogen) atoms. The van der Waals surface area contributed by atoms with E-state index in [9.17, 15) is 4.39 Å². The molecule has 6 rings (SSSR count). The van der Waals surface area contributed by atoms with Crippen molar-refractivity contribution in [3.63, 3.8) is 0 Å². The Bertz CT molecular complexity index is 1420. The first-order valence-electron chi connectivity index (χ1n) is 10.3. The van der Waals surface area contributed by atoms with Crippen molar-refractivity contribution in [2.45, 2.75) is 0 Å². The standard InChI is InChI=1S/C22H19FN8O/c23-16-10-15(3-4-19(16)31-5-7-32-8-6-31)26-22-20-18(12-25-30-20)27-21(28-22)13-1-2-14-11-24-29-17(14)9-13/h1-4,9-12H,5-8H2,(H,24,29)(H,25,30)(H,26,27,28). The summed E-state index contributed by atoms with van der Waals surface area (Å²) >= 11 is 0. The molecule has 4 heterocycles. The highest BCUT2D eigenvalue weighted by atomic mass is 19.1. The number of fused-ring (bicyclic) bond motifs is 2. The van der Waals surface area contributed by atoms with Crippen LogP contribution in [0.5, 0.6) is 0 Å². The van der Waals surface area contributed by atoms with Gasteiger partial charge in [0.15, 0.2) is 11.6 Å². The van der Waals surface area contributed by atoms with Crippen LogP contribution in [0.2, 0.25) is 0 Å². The van der Waals surface area contributed by atoms with E-state index >= 15 is 0 Å². The van der Waals surface area contributed by atoms with E-state index in [-0.39, 0.29) is 5.82 Å². The summed E-state index contributed by atoms with van der Waals surface area (Å²) in [6.07, 6.45) is 3.41. The van der Waals surface area contributed by atoms with Crippen molar-refractivity contribution < 1.29 is 9.13 Å². The van der Waals surface area contributed by atoms with Crippen molar-refractivity contribution >= 4 is 39.1 Å². The highest BCUT2D eigenvalue weighted by Gasteiger charge is 2.17. The van der Waals surface area contributed by atoms with Gasteiger partial charge in [-0.15, -0.1) is 0 Å². The fraction of sp³-hybridized carbons (Fsp3) is 0.182. The van der Waals surface area contributed by atoms with Crippen molar-refractivity contribution in [2.75, 3.05) is 36.5 Å². The summed E-state index contributed by atoms with van der Waals surface area (Å²) in [7, 11) is 0. The second-order valence-corrected chi connectivity index (χ2v) is 7.59. The summed E-state index contributed by atoms with van der Waals surface area (Å²) in [4.78, 5) is 11.3. The Hall–Kier alpha value is -4.05. The number of anilines is 3. The van der Waals surface area contributed by atoms with E-state index in [1.54, 1.807) is 18.5 Å². The van der Waals surface area contributed by atoms with Crippen molar-refractivity contribution in [1.29, 1.82) is 0 Å². The monoisotopic (exact) mass is 430 g/mol. The van der Waals surface area contributed by atoms with Gasteiger partial charge in [-0.05, 0) is 24.3 Å². The smallest absolute Gasteiger partial charge is 0.162 e. The summed E-state index contributed by atoms with van der Waals surface area (Å²) in [5.74, 6) is 0.755. The molecule has 0 saturated carbocycles. The van der Waals surface area contributed by atoms with E-state index in [1.165, 1.54) is 6.07 Å². The second-order valence-electron chi connectivity index (χ2n) is 7.59. The lowest BCUT2D eigenvalue weighted by Gasteiger charge is -2.29. The number of halogens is 1. The molecule has 2 aromatic carbocycles. The number of hydrogen-bond donors (Lipinski definition) is 3. The molecule has 0 bridgehead atoms. The minimum Gasteiger partial charge on any atom is -0.378 e. The zero-order valence-corrected chi connectivity index (χ0v) is 17.0. The molecule has 0 atom stereocenters. The third-order valence-electron chi connectivity index (χ3n) is 5.56. The van der Waals surface area contributed by atoms with Gasteiger partial charge in [0.2, 0.25) is 0 Å². The fourth-order valence-electron chi connectivity index (χ4n) is 3.92. The number of aromatic nitrogens is 6. The average molecular weight is 430 g/mol. The SMILES string of the molecule is Fc1cc(Nc2nc(-c3ccc4cn[nH]c4c3)nc3cn[nH]c23)ccc1N1CCOCC1. The van der Waals surface area contributed by atoms with Crippen LogP contribution in [0.3, 0.4) is 0 Å². The summed E-state index contributed by atoms with van der Waals surface area (Å²) in [5, 5.41) is 18.3. The third kappa shape index (κ3) is 3.30. The minimum atomic E-state index is -0.295. The maximum atomic E-state index is 14.9. The van der Waals surface area contributed by atoms with Gasteiger partial charge >= 0.3 is 0 Å². The summed E-state index contributed by atoms with van der Waals surface area (Å²) in [6, 6.07) is 11.0. The molecule has 1 fully saturated rings. The first-order chi connectivity index (χ1) is 15.7. The highest BCUT2D eigenvalue weighted by Crippen LogP contribution is 2.29. The molecule has 0 radical (unpaired) electrons. The van der Waals surface area contributed by atoms with Gasteiger partial charge in [-0.2, -0.15) is 10.2 Å². The van der Waals surface area contributed by atoms with E-state index in [0.29, 0.717) is 60.4 Å². The number of aromatic amines is 2. The lowest BCUT2D eigenvalue weighted by molar-refractivity contribution is 0.122. The molecule has 3 aromatic heterocycles. The van der Waals surface area contributed by atoms with Crippen molar-refractivity contribution in [2.24, 2.45) is 0 Å². The molecule has 1 saturated heterocycles. The Balaban J connectivity index is 1.36. The fourth-order valence-corrected chi connectivity index (χ4v) is 3.92. The molecule has 10 heteroatoms. The first-order valence-corrected chi connectivity index (χ1v) is 10.3. The van der Waals surface area contributed by atoms with Gasteiger partial charge in [-0.1, -0.05) is 12.1 Å². The van der Waals surface area contributed by atoms with Crippen LogP contribution in [-0.2, 0) is 4.74 Å². The molecule has 160 valence electrons. The number of nitrogens with one attached hydrogen (secondary N) is 3. The van der Waals surface area contributed by atoms with Gasteiger partial charge < -0.3 is 15.0 Å². The first kappa shape index (κ1) is 18.7. The molecule has 0 aliphatic carbocycles. The van der Waals surface area contributed by atoms with Gasteiger partial charge in [0.05, 0.1) is 36.8 Å². The predicted octanol–water partition coefficient (Wildman–Crippen LogP) is 3.62. The van der Waals surface area contributed by atoms with Gasteiger partial charge in [0, 0.05) is 29.7 Å². The van der Waals surface area contributed by atoms with Crippen molar-refractivity contribution in [3.8, 4) is 11.4 Å². The molecular weight excluding hydrogens is 411 g/mol. The molecule has 3 N–H and O–H groups in total. The van der Waals surface area contributed by atoms with E-state index in [1.807, 2.05) is 29.2 Å². The largest absolute Gasteiger partial charge is 0.378 e.